The minimum atomic E-state index is -0.197. The van der Waals surface area contributed by atoms with Crippen LogP contribution in [0, 0.1) is 13.8 Å². The van der Waals surface area contributed by atoms with Gasteiger partial charge in [0, 0.05) is 64.5 Å². The van der Waals surface area contributed by atoms with Crippen molar-refractivity contribution in [1.82, 2.24) is 23.6 Å². The Labute approximate surface area is 300 Å². The van der Waals surface area contributed by atoms with Crippen molar-refractivity contribution in [2.45, 2.75) is 26.9 Å². The molecule has 8 rings (SSSR count). The van der Waals surface area contributed by atoms with Gasteiger partial charge in [0.2, 0.25) is 5.91 Å². The molecule has 1 amide bonds. The summed E-state index contributed by atoms with van der Waals surface area (Å²) in [6.07, 6.45) is 1.45. The van der Waals surface area contributed by atoms with E-state index in [1.54, 1.807) is 18.2 Å². The molecule has 0 unspecified atom stereocenters. The topological polar surface area (TPSA) is 108 Å². The second-order valence-electron chi connectivity index (χ2n) is 12.9. The SMILES string of the molecule is Cc1c(C(=O)Cn2cnc3ccccc3c2=O)c2ccccc2n1C.Cc1c(C(=O)c2ccccc2)c2ccccc2n1CC(=O)N1CCOCC1. The van der Waals surface area contributed by atoms with Crippen LogP contribution < -0.4 is 5.56 Å². The van der Waals surface area contributed by atoms with E-state index in [9.17, 15) is 19.2 Å². The summed E-state index contributed by atoms with van der Waals surface area (Å²) < 4.78 is 10.7. The van der Waals surface area contributed by atoms with Crippen molar-refractivity contribution in [3.8, 4) is 0 Å². The molecule has 1 fully saturated rings. The number of fused-ring (bicyclic) bond motifs is 3. The number of para-hydroxylation sites is 3. The zero-order chi connectivity index (χ0) is 36.4. The van der Waals surface area contributed by atoms with Crippen molar-refractivity contribution >= 4 is 50.2 Å². The smallest absolute Gasteiger partial charge is 0.261 e. The summed E-state index contributed by atoms with van der Waals surface area (Å²) in [5.41, 5.74) is 6.07. The number of aromatic nitrogens is 4. The fourth-order valence-corrected chi connectivity index (χ4v) is 7.03. The molecule has 52 heavy (non-hydrogen) atoms. The van der Waals surface area contributed by atoms with Crippen LogP contribution in [0.2, 0.25) is 0 Å². The predicted octanol–water partition coefficient (Wildman–Crippen LogP) is 6.12. The molecule has 7 aromatic rings. The molecule has 0 spiro atoms. The van der Waals surface area contributed by atoms with E-state index in [4.69, 9.17) is 4.74 Å². The summed E-state index contributed by atoms with van der Waals surface area (Å²) in [6, 6.07) is 32.0. The van der Waals surface area contributed by atoms with Gasteiger partial charge in [-0.3, -0.25) is 23.7 Å². The summed E-state index contributed by atoms with van der Waals surface area (Å²) in [7, 11) is 1.94. The highest BCUT2D eigenvalue weighted by Crippen LogP contribution is 2.29. The van der Waals surface area contributed by atoms with Crippen LogP contribution in [0.1, 0.15) is 37.7 Å². The lowest BCUT2D eigenvalue weighted by molar-refractivity contribution is -0.135. The number of nitrogens with zero attached hydrogens (tertiary/aromatic N) is 5. The number of aryl methyl sites for hydroxylation is 1. The van der Waals surface area contributed by atoms with E-state index in [2.05, 4.69) is 4.98 Å². The normalized spacial score (nSPS) is 12.9. The first-order valence-corrected chi connectivity index (χ1v) is 17.3. The first-order valence-electron chi connectivity index (χ1n) is 17.3. The highest BCUT2D eigenvalue weighted by atomic mass is 16.5. The monoisotopic (exact) mass is 693 g/mol. The largest absolute Gasteiger partial charge is 0.378 e. The fourth-order valence-electron chi connectivity index (χ4n) is 7.03. The van der Waals surface area contributed by atoms with E-state index in [0.717, 1.165) is 33.2 Å². The van der Waals surface area contributed by atoms with Crippen molar-refractivity contribution < 1.29 is 19.1 Å². The van der Waals surface area contributed by atoms with Crippen LogP contribution in [-0.2, 0) is 29.7 Å². The van der Waals surface area contributed by atoms with Gasteiger partial charge in [0.25, 0.3) is 5.56 Å². The minimum absolute atomic E-state index is 0.0122. The van der Waals surface area contributed by atoms with E-state index in [0.29, 0.717) is 53.9 Å². The van der Waals surface area contributed by atoms with Gasteiger partial charge in [0.15, 0.2) is 11.6 Å². The zero-order valence-corrected chi connectivity index (χ0v) is 29.4. The van der Waals surface area contributed by atoms with Gasteiger partial charge in [-0.1, -0.05) is 78.9 Å². The maximum absolute atomic E-state index is 13.2. The second-order valence-corrected chi connectivity index (χ2v) is 12.9. The maximum Gasteiger partial charge on any atom is 0.261 e. The molecule has 1 saturated heterocycles. The van der Waals surface area contributed by atoms with Gasteiger partial charge in [-0.2, -0.15) is 0 Å². The summed E-state index contributed by atoms with van der Waals surface area (Å²) in [5, 5.41) is 2.32. The number of morpholine rings is 1. The predicted molar refractivity (Wildman–Crippen MR) is 202 cm³/mol. The number of hydrogen-bond acceptors (Lipinski definition) is 6. The van der Waals surface area contributed by atoms with Crippen molar-refractivity contribution in [2.24, 2.45) is 7.05 Å². The lowest BCUT2D eigenvalue weighted by Gasteiger charge is -2.27. The van der Waals surface area contributed by atoms with Gasteiger partial charge in [-0.25, -0.2) is 4.98 Å². The Kier molecular flexibility index (Phi) is 9.65. The quantitative estimate of drug-likeness (QED) is 0.186. The molecular formula is C42H39N5O5. The van der Waals surface area contributed by atoms with Gasteiger partial charge >= 0.3 is 0 Å². The molecule has 0 saturated carbocycles. The fraction of sp³-hybridized carbons (Fsp3) is 0.214. The minimum Gasteiger partial charge on any atom is -0.378 e. The summed E-state index contributed by atoms with van der Waals surface area (Å²) >= 11 is 0. The number of Topliss-reactive ketones (excluding diaryl/α,β-unsaturated/α-hetero) is 1. The average Bonchev–Trinajstić information content (AvgIpc) is 3.61. The Balaban J connectivity index is 0.000000162. The van der Waals surface area contributed by atoms with E-state index in [-0.39, 0.29) is 36.1 Å². The third-order valence-corrected chi connectivity index (χ3v) is 9.88. The van der Waals surface area contributed by atoms with Gasteiger partial charge in [0.05, 0.1) is 42.6 Å². The molecule has 0 aliphatic carbocycles. The molecule has 1 aliphatic heterocycles. The number of carbonyl (C=O) groups excluding carboxylic acids is 3. The molecule has 3 aromatic heterocycles. The van der Waals surface area contributed by atoms with Crippen molar-refractivity contribution in [3.05, 3.63) is 148 Å². The lowest BCUT2D eigenvalue weighted by Crippen LogP contribution is -2.42. The Morgan fingerprint density at radius 1 is 0.692 bits per heavy atom. The highest BCUT2D eigenvalue weighted by molar-refractivity contribution is 6.17. The molecule has 10 nitrogen and oxygen atoms in total. The van der Waals surface area contributed by atoms with Gasteiger partial charge in [-0.05, 0) is 38.1 Å². The maximum atomic E-state index is 13.2. The number of hydrogen-bond donors (Lipinski definition) is 0. The van der Waals surface area contributed by atoms with Crippen molar-refractivity contribution in [2.75, 3.05) is 26.3 Å². The number of carbonyl (C=O) groups is 3. The standard InChI is InChI=1S/C22H22N2O3.C20H17N3O2/c1-16-21(22(26)17-7-3-2-4-8-17)18-9-5-6-10-19(18)24(16)15-20(25)23-11-13-27-14-12-23;1-13-19(15-8-4-6-10-17(15)22(13)2)18(24)11-23-12-21-16-9-5-3-7-14(16)20(23)25/h2-10H,11-15H2,1H3;3-10,12H,11H2,1-2H3. The molecule has 0 N–H and O–H groups in total. The molecule has 1 aliphatic rings. The molecule has 10 heteroatoms. The Bertz CT molecular complexity index is 2520. The number of ketones is 2. The number of rotatable bonds is 7. The molecule has 262 valence electrons. The van der Waals surface area contributed by atoms with Crippen LogP contribution in [0.4, 0.5) is 0 Å². The highest BCUT2D eigenvalue weighted by Gasteiger charge is 2.24. The van der Waals surface area contributed by atoms with Gasteiger partial charge in [-0.15, -0.1) is 0 Å². The second kappa shape index (κ2) is 14.6. The number of ether oxygens (including phenoxy) is 1. The zero-order valence-electron chi connectivity index (χ0n) is 29.4. The molecule has 4 aromatic carbocycles. The van der Waals surface area contributed by atoms with E-state index < -0.39 is 0 Å². The number of amides is 1. The van der Waals surface area contributed by atoms with E-state index in [1.165, 1.54) is 10.9 Å². The summed E-state index contributed by atoms with van der Waals surface area (Å²) in [5.74, 6) is -0.0452. The lowest BCUT2D eigenvalue weighted by atomic mass is 10.0. The molecule has 4 heterocycles. The number of benzene rings is 4. The van der Waals surface area contributed by atoms with E-state index >= 15 is 0 Å². The van der Waals surface area contributed by atoms with Crippen LogP contribution in [0.15, 0.2) is 114 Å². The molecule has 0 radical (unpaired) electrons. The van der Waals surface area contributed by atoms with Crippen LogP contribution in [-0.4, -0.2) is 67.4 Å². The Morgan fingerprint density at radius 3 is 2.00 bits per heavy atom. The summed E-state index contributed by atoms with van der Waals surface area (Å²) in [4.78, 5) is 57.6. The average molecular weight is 694 g/mol. The molecule has 0 atom stereocenters. The van der Waals surface area contributed by atoms with Crippen molar-refractivity contribution in [1.29, 1.82) is 0 Å². The van der Waals surface area contributed by atoms with Crippen LogP contribution >= 0.6 is 0 Å². The van der Waals surface area contributed by atoms with Crippen molar-refractivity contribution in [3.63, 3.8) is 0 Å². The van der Waals surface area contributed by atoms with Gasteiger partial charge in [0.1, 0.15) is 6.54 Å². The first-order chi connectivity index (χ1) is 25.2. The summed E-state index contributed by atoms with van der Waals surface area (Å²) in [6.45, 7) is 6.45. The first kappa shape index (κ1) is 34.3. The third-order valence-electron chi connectivity index (χ3n) is 9.88. The molecule has 0 bridgehead atoms. The third kappa shape index (κ3) is 6.44. The van der Waals surface area contributed by atoms with Gasteiger partial charge < -0.3 is 18.8 Å². The van der Waals surface area contributed by atoms with Crippen LogP contribution in [0.25, 0.3) is 32.7 Å². The van der Waals surface area contributed by atoms with Crippen LogP contribution in [0.5, 0.6) is 0 Å². The van der Waals surface area contributed by atoms with Crippen LogP contribution in [0.3, 0.4) is 0 Å². The Morgan fingerprint density at radius 2 is 1.29 bits per heavy atom. The molecular weight excluding hydrogens is 654 g/mol. The van der Waals surface area contributed by atoms with E-state index in [1.807, 2.05) is 120 Å². The Hall–Kier alpha value is -6.13.